The first kappa shape index (κ1) is 9.45. The van der Waals surface area contributed by atoms with Gasteiger partial charge in [0.2, 0.25) is 6.41 Å². The van der Waals surface area contributed by atoms with Crippen molar-refractivity contribution in [2.24, 2.45) is 0 Å². The summed E-state index contributed by atoms with van der Waals surface area (Å²) in [6.07, 6.45) is 1.97. The van der Waals surface area contributed by atoms with Crippen LogP contribution in [0.3, 0.4) is 0 Å². The molecule has 1 aliphatic carbocycles. The lowest BCUT2D eigenvalue weighted by Gasteiger charge is -2.33. The fourth-order valence-electron chi connectivity index (χ4n) is 1.66. The lowest BCUT2D eigenvalue weighted by atomic mass is 10.2. The molecule has 0 unspecified atom stereocenters. The molecule has 1 saturated carbocycles. The van der Waals surface area contributed by atoms with Crippen LogP contribution in [0.2, 0.25) is 0 Å². The first-order chi connectivity index (χ1) is 6.65. The van der Waals surface area contributed by atoms with Gasteiger partial charge in [-0.15, -0.1) is 0 Å². The lowest BCUT2D eigenvalue weighted by molar-refractivity contribution is -0.145. The van der Waals surface area contributed by atoms with Crippen molar-refractivity contribution in [3.63, 3.8) is 0 Å². The number of hydrogen-bond acceptors (Lipinski definition) is 3. The number of piperazine rings is 1. The highest BCUT2D eigenvalue weighted by Gasteiger charge is 2.50. The first-order valence-electron chi connectivity index (χ1n) is 4.87. The van der Waals surface area contributed by atoms with Gasteiger partial charge in [0.25, 0.3) is 5.91 Å². The van der Waals surface area contributed by atoms with Crippen molar-refractivity contribution < 1.29 is 14.7 Å². The quantitative estimate of drug-likeness (QED) is 0.568. The van der Waals surface area contributed by atoms with Crippen molar-refractivity contribution in [1.82, 2.24) is 9.80 Å². The second-order valence-corrected chi connectivity index (χ2v) is 3.97. The third-order valence-corrected chi connectivity index (χ3v) is 2.87. The molecule has 1 aliphatic heterocycles. The number of hydrogen-bond donors (Lipinski definition) is 1. The van der Waals surface area contributed by atoms with Crippen molar-refractivity contribution in [3.8, 4) is 0 Å². The van der Waals surface area contributed by atoms with E-state index in [1.807, 2.05) is 0 Å². The summed E-state index contributed by atoms with van der Waals surface area (Å²) >= 11 is 0. The molecule has 1 saturated heterocycles. The largest absolute Gasteiger partial charge is 0.380 e. The SMILES string of the molecule is O=CN1CCN(C(=O)C2(O)CC2)CC1. The third-order valence-electron chi connectivity index (χ3n) is 2.87. The maximum absolute atomic E-state index is 11.6. The van der Waals surface area contributed by atoms with Crippen LogP contribution in [0.1, 0.15) is 12.8 Å². The van der Waals surface area contributed by atoms with E-state index < -0.39 is 5.60 Å². The molecule has 2 aliphatic rings. The highest BCUT2D eigenvalue weighted by Crippen LogP contribution is 2.36. The minimum Gasteiger partial charge on any atom is -0.380 e. The fourth-order valence-corrected chi connectivity index (χ4v) is 1.66. The van der Waals surface area contributed by atoms with E-state index in [2.05, 4.69) is 0 Å². The minimum absolute atomic E-state index is 0.164. The summed E-state index contributed by atoms with van der Waals surface area (Å²) < 4.78 is 0. The predicted octanol–water partition coefficient (Wildman–Crippen LogP) is -1.19. The van der Waals surface area contributed by atoms with Gasteiger partial charge >= 0.3 is 0 Å². The zero-order valence-corrected chi connectivity index (χ0v) is 7.98. The molecule has 0 aromatic heterocycles. The summed E-state index contributed by atoms with van der Waals surface area (Å²) in [5.74, 6) is -0.164. The molecule has 0 aromatic rings. The Labute approximate surface area is 82.3 Å². The highest BCUT2D eigenvalue weighted by molar-refractivity contribution is 5.87. The minimum atomic E-state index is -1.07. The molecule has 2 amide bonds. The zero-order valence-electron chi connectivity index (χ0n) is 7.98. The van der Waals surface area contributed by atoms with E-state index in [-0.39, 0.29) is 5.91 Å². The monoisotopic (exact) mass is 198 g/mol. The van der Waals surface area contributed by atoms with Crippen LogP contribution >= 0.6 is 0 Å². The Morgan fingerprint density at radius 3 is 2.21 bits per heavy atom. The molecule has 14 heavy (non-hydrogen) atoms. The van der Waals surface area contributed by atoms with E-state index in [0.29, 0.717) is 39.0 Å². The molecule has 0 aromatic carbocycles. The second kappa shape index (κ2) is 3.24. The van der Waals surface area contributed by atoms with E-state index in [0.717, 1.165) is 6.41 Å². The highest BCUT2D eigenvalue weighted by atomic mass is 16.3. The van der Waals surface area contributed by atoms with Crippen LogP contribution in [-0.2, 0) is 9.59 Å². The molecule has 2 rings (SSSR count). The second-order valence-electron chi connectivity index (χ2n) is 3.97. The Balaban J connectivity index is 1.89. The Bertz CT molecular complexity index is 255. The van der Waals surface area contributed by atoms with Gasteiger partial charge in [0.1, 0.15) is 5.60 Å². The van der Waals surface area contributed by atoms with Gasteiger partial charge in [-0.25, -0.2) is 0 Å². The number of carbonyl (C=O) groups is 2. The van der Waals surface area contributed by atoms with Gasteiger partial charge in [-0.05, 0) is 12.8 Å². The van der Waals surface area contributed by atoms with Crippen molar-refractivity contribution in [2.75, 3.05) is 26.2 Å². The van der Waals surface area contributed by atoms with E-state index in [1.54, 1.807) is 9.80 Å². The summed E-state index contributed by atoms with van der Waals surface area (Å²) in [5, 5.41) is 9.60. The topological polar surface area (TPSA) is 60.9 Å². The standard InChI is InChI=1S/C9H14N2O3/c12-7-10-3-5-11(6-4-10)8(13)9(14)1-2-9/h7,14H,1-6H2. The number of rotatable bonds is 2. The normalized spacial score (nSPS) is 24.6. The Morgan fingerprint density at radius 1 is 1.21 bits per heavy atom. The van der Waals surface area contributed by atoms with E-state index in [1.165, 1.54) is 0 Å². The summed E-state index contributed by atoms with van der Waals surface area (Å²) in [5.41, 5.74) is -1.07. The van der Waals surface area contributed by atoms with Gasteiger partial charge in [0, 0.05) is 26.2 Å². The Morgan fingerprint density at radius 2 is 1.79 bits per heavy atom. The zero-order chi connectivity index (χ0) is 10.2. The van der Waals surface area contributed by atoms with Crippen molar-refractivity contribution >= 4 is 12.3 Å². The first-order valence-corrected chi connectivity index (χ1v) is 4.87. The third kappa shape index (κ3) is 1.59. The molecule has 0 spiro atoms. The molecule has 1 heterocycles. The van der Waals surface area contributed by atoms with E-state index in [9.17, 15) is 14.7 Å². The molecule has 5 nitrogen and oxygen atoms in total. The number of aliphatic hydroxyl groups is 1. The van der Waals surface area contributed by atoms with E-state index >= 15 is 0 Å². The van der Waals surface area contributed by atoms with Crippen LogP contribution in [0.15, 0.2) is 0 Å². The predicted molar refractivity (Wildman–Crippen MR) is 48.4 cm³/mol. The van der Waals surface area contributed by atoms with Gasteiger partial charge in [0.15, 0.2) is 0 Å². The molecule has 0 bridgehead atoms. The molecular weight excluding hydrogens is 184 g/mol. The van der Waals surface area contributed by atoms with Gasteiger partial charge < -0.3 is 14.9 Å². The fraction of sp³-hybridized carbons (Fsp3) is 0.778. The van der Waals surface area contributed by atoms with Crippen LogP contribution in [0.25, 0.3) is 0 Å². The van der Waals surface area contributed by atoms with Gasteiger partial charge in [-0.1, -0.05) is 0 Å². The van der Waals surface area contributed by atoms with Gasteiger partial charge in [-0.2, -0.15) is 0 Å². The van der Waals surface area contributed by atoms with Crippen molar-refractivity contribution in [3.05, 3.63) is 0 Å². The van der Waals surface area contributed by atoms with Crippen molar-refractivity contribution in [1.29, 1.82) is 0 Å². The Kier molecular flexibility index (Phi) is 2.19. The summed E-state index contributed by atoms with van der Waals surface area (Å²) in [7, 11) is 0. The van der Waals surface area contributed by atoms with Crippen LogP contribution in [0.4, 0.5) is 0 Å². The molecular formula is C9H14N2O3. The summed E-state index contributed by atoms with van der Waals surface area (Å²) in [6.45, 7) is 2.23. The number of carbonyl (C=O) groups excluding carboxylic acids is 2. The van der Waals surface area contributed by atoms with Crippen LogP contribution in [-0.4, -0.2) is 59.0 Å². The molecule has 2 fully saturated rings. The van der Waals surface area contributed by atoms with Gasteiger partial charge in [-0.3, -0.25) is 9.59 Å². The average molecular weight is 198 g/mol. The van der Waals surface area contributed by atoms with E-state index in [4.69, 9.17) is 0 Å². The van der Waals surface area contributed by atoms with Gasteiger partial charge in [0.05, 0.1) is 0 Å². The Hall–Kier alpha value is -1.10. The average Bonchev–Trinajstić information content (AvgIpc) is 2.97. The number of amides is 2. The smallest absolute Gasteiger partial charge is 0.254 e. The maximum atomic E-state index is 11.6. The van der Waals surface area contributed by atoms with Crippen LogP contribution in [0, 0.1) is 0 Å². The summed E-state index contributed by atoms with van der Waals surface area (Å²) in [6, 6.07) is 0. The van der Waals surface area contributed by atoms with Crippen LogP contribution in [0.5, 0.6) is 0 Å². The maximum Gasteiger partial charge on any atom is 0.254 e. The lowest BCUT2D eigenvalue weighted by Crippen LogP contribution is -2.51. The molecule has 5 heteroatoms. The van der Waals surface area contributed by atoms with Crippen LogP contribution < -0.4 is 0 Å². The molecule has 1 N–H and O–H groups in total. The van der Waals surface area contributed by atoms with Crippen molar-refractivity contribution in [2.45, 2.75) is 18.4 Å². The molecule has 0 atom stereocenters. The molecule has 78 valence electrons. The number of nitrogens with zero attached hydrogens (tertiary/aromatic N) is 2. The molecule has 0 radical (unpaired) electrons. The summed E-state index contributed by atoms with van der Waals surface area (Å²) in [4.78, 5) is 25.4.